The second kappa shape index (κ2) is 7.80. The predicted molar refractivity (Wildman–Crippen MR) is 107 cm³/mol. The summed E-state index contributed by atoms with van der Waals surface area (Å²) in [7, 11) is 0. The van der Waals surface area contributed by atoms with Crippen molar-refractivity contribution < 1.29 is 0 Å². The minimum atomic E-state index is 0.252. The van der Waals surface area contributed by atoms with E-state index in [0.29, 0.717) is 5.11 Å². The fourth-order valence-electron chi connectivity index (χ4n) is 3.35. The fraction of sp³-hybridized carbons (Fsp3) is 0.381. The summed E-state index contributed by atoms with van der Waals surface area (Å²) in [6.07, 6.45) is 6.09. The molecule has 0 aliphatic heterocycles. The topological polar surface area (TPSA) is 24.1 Å². The number of benzene rings is 2. The third kappa shape index (κ3) is 4.15. The first-order chi connectivity index (χ1) is 11.7. The van der Waals surface area contributed by atoms with E-state index in [1.807, 2.05) is 0 Å². The molecule has 0 aromatic heterocycles. The molecule has 2 N–H and O–H groups in total. The van der Waals surface area contributed by atoms with Gasteiger partial charge in [0, 0.05) is 5.69 Å². The molecule has 3 rings (SSSR count). The fourth-order valence-corrected chi connectivity index (χ4v) is 3.61. The van der Waals surface area contributed by atoms with Crippen LogP contribution in [0, 0.1) is 6.92 Å². The molecule has 1 aliphatic carbocycles. The molecular weight excluding hydrogens is 312 g/mol. The molecule has 126 valence electrons. The Labute approximate surface area is 150 Å². The Kier molecular flexibility index (Phi) is 5.52. The van der Waals surface area contributed by atoms with Crippen molar-refractivity contribution >= 4 is 23.0 Å². The molecule has 0 heterocycles. The normalized spacial score (nSPS) is 14.6. The van der Waals surface area contributed by atoms with Crippen molar-refractivity contribution in [3.8, 4) is 0 Å². The number of anilines is 1. The summed E-state index contributed by atoms with van der Waals surface area (Å²) in [5, 5.41) is 7.44. The molecule has 0 fully saturated rings. The van der Waals surface area contributed by atoms with Crippen molar-refractivity contribution in [1.82, 2.24) is 5.32 Å². The van der Waals surface area contributed by atoms with Crippen molar-refractivity contribution in [3.63, 3.8) is 0 Å². The molecule has 0 amide bonds. The Hall–Kier alpha value is -1.87. The number of thiocarbonyl (C=S) groups is 1. The van der Waals surface area contributed by atoms with Crippen molar-refractivity contribution in [2.24, 2.45) is 0 Å². The van der Waals surface area contributed by atoms with E-state index in [-0.39, 0.29) is 6.04 Å². The molecule has 24 heavy (non-hydrogen) atoms. The largest absolute Gasteiger partial charge is 0.356 e. The monoisotopic (exact) mass is 338 g/mol. The number of hydrogen-bond donors (Lipinski definition) is 2. The molecule has 0 saturated carbocycles. The van der Waals surface area contributed by atoms with Crippen molar-refractivity contribution in [3.05, 3.63) is 64.7 Å². The molecule has 0 spiro atoms. The van der Waals surface area contributed by atoms with Crippen LogP contribution in [-0.4, -0.2) is 5.11 Å². The highest BCUT2D eigenvalue weighted by atomic mass is 32.1. The second-order valence-electron chi connectivity index (χ2n) is 6.66. The minimum Gasteiger partial charge on any atom is -0.356 e. The molecule has 2 aromatic carbocycles. The maximum atomic E-state index is 5.51. The van der Waals surface area contributed by atoms with E-state index in [1.165, 1.54) is 47.9 Å². The molecule has 1 atom stereocenters. The van der Waals surface area contributed by atoms with Gasteiger partial charge < -0.3 is 10.6 Å². The van der Waals surface area contributed by atoms with Gasteiger partial charge in [0.05, 0.1) is 6.04 Å². The third-order valence-electron chi connectivity index (χ3n) is 4.80. The standard InChI is InChI=1S/C21H26N2S/c1-3-20(18-11-10-16-6-4-5-7-17(16)14-18)23-21(24)22-19-12-8-15(2)9-13-19/h8-14,20H,3-7H2,1-2H3,(H2,22,23,24)/t20-/m0/s1. The van der Waals surface area contributed by atoms with Gasteiger partial charge in [0.2, 0.25) is 0 Å². The van der Waals surface area contributed by atoms with Crippen LogP contribution >= 0.6 is 12.2 Å². The SMILES string of the molecule is CC[C@H](NC(=S)Nc1ccc(C)cc1)c1ccc2c(c1)CCCC2. The average molecular weight is 339 g/mol. The van der Waals surface area contributed by atoms with E-state index in [4.69, 9.17) is 12.2 Å². The third-order valence-corrected chi connectivity index (χ3v) is 5.02. The molecule has 0 radical (unpaired) electrons. The highest BCUT2D eigenvalue weighted by Crippen LogP contribution is 2.26. The van der Waals surface area contributed by atoms with E-state index in [9.17, 15) is 0 Å². The molecule has 2 aromatic rings. The van der Waals surface area contributed by atoms with Gasteiger partial charge in [-0.3, -0.25) is 0 Å². The summed E-state index contributed by atoms with van der Waals surface area (Å²) in [4.78, 5) is 0. The highest BCUT2D eigenvalue weighted by Gasteiger charge is 2.15. The lowest BCUT2D eigenvalue weighted by molar-refractivity contribution is 0.623. The van der Waals surface area contributed by atoms with E-state index in [1.54, 1.807) is 0 Å². The van der Waals surface area contributed by atoms with Gasteiger partial charge in [0.25, 0.3) is 0 Å². The van der Waals surface area contributed by atoms with Gasteiger partial charge in [-0.1, -0.05) is 42.8 Å². The molecule has 0 bridgehead atoms. The first-order valence-electron chi connectivity index (χ1n) is 8.91. The second-order valence-corrected chi connectivity index (χ2v) is 7.07. The minimum absolute atomic E-state index is 0.252. The van der Waals surface area contributed by atoms with Gasteiger partial charge in [-0.25, -0.2) is 0 Å². The van der Waals surface area contributed by atoms with Crippen LogP contribution in [0.25, 0.3) is 0 Å². The zero-order valence-electron chi connectivity index (χ0n) is 14.6. The number of fused-ring (bicyclic) bond motifs is 1. The van der Waals surface area contributed by atoms with E-state index < -0.39 is 0 Å². The maximum absolute atomic E-state index is 5.51. The number of rotatable bonds is 4. The molecule has 3 heteroatoms. The summed E-state index contributed by atoms with van der Waals surface area (Å²) >= 11 is 5.51. The number of nitrogens with one attached hydrogen (secondary N) is 2. The zero-order valence-corrected chi connectivity index (χ0v) is 15.4. The Balaban J connectivity index is 1.67. The van der Waals surface area contributed by atoms with Crippen LogP contribution in [0.5, 0.6) is 0 Å². The number of hydrogen-bond acceptors (Lipinski definition) is 1. The summed E-state index contributed by atoms with van der Waals surface area (Å²) in [6, 6.07) is 15.5. The van der Waals surface area contributed by atoms with Gasteiger partial charge >= 0.3 is 0 Å². The van der Waals surface area contributed by atoms with E-state index in [0.717, 1.165) is 12.1 Å². The molecule has 0 unspecified atom stereocenters. The lowest BCUT2D eigenvalue weighted by Crippen LogP contribution is -2.32. The van der Waals surface area contributed by atoms with Gasteiger partial charge in [-0.05, 0) is 80.1 Å². The van der Waals surface area contributed by atoms with Crippen LogP contribution in [0.15, 0.2) is 42.5 Å². The maximum Gasteiger partial charge on any atom is 0.171 e. The molecular formula is C21H26N2S. The van der Waals surface area contributed by atoms with E-state index in [2.05, 4.69) is 66.9 Å². The van der Waals surface area contributed by atoms with Crippen LogP contribution < -0.4 is 10.6 Å². The molecule has 2 nitrogen and oxygen atoms in total. The highest BCUT2D eigenvalue weighted by molar-refractivity contribution is 7.80. The Bertz CT molecular complexity index is 706. The van der Waals surface area contributed by atoms with Gasteiger partial charge in [-0.2, -0.15) is 0 Å². The van der Waals surface area contributed by atoms with Crippen molar-refractivity contribution in [1.29, 1.82) is 0 Å². The van der Waals surface area contributed by atoms with Crippen LogP contribution in [-0.2, 0) is 12.8 Å². The summed E-state index contributed by atoms with van der Waals surface area (Å²) in [6.45, 7) is 4.29. The van der Waals surface area contributed by atoms with Crippen LogP contribution in [0.2, 0.25) is 0 Å². The van der Waals surface area contributed by atoms with E-state index >= 15 is 0 Å². The summed E-state index contributed by atoms with van der Waals surface area (Å²) < 4.78 is 0. The van der Waals surface area contributed by atoms with Crippen molar-refractivity contribution in [2.75, 3.05) is 5.32 Å². The van der Waals surface area contributed by atoms with Gasteiger partial charge in [0.15, 0.2) is 5.11 Å². The lowest BCUT2D eigenvalue weighted by atomic mass is 9.89. The summed E-state index contributed by atoms with van der Waals surface area (Å²) in [5.41, 5.74) is 6.67. The Morgan fingerprint density at radius 2 is 1.75 bits per heavy atom. The first-order valence-corrected chi connectivity index (χ1v) is 9.32. The zero-order chi connectivity index (χ0) is 16.9. The van der Waals surface area contributed by atoms with Gasteiger partial charge in [0.1, 0.15) is 0 Å². The Morgan fingerprint density at radius 3 is 2.46 bits per heavy atom. The lowest BCUT2D eigenvalue weighted by Gasteiger charge is -2.23. The predicted octanol–water partition coefficient (Wildman–Crippen LogP) is 5.31. The van der Waals surface area contributed by atoms with Gasteiger partial charge in [-0.15, -0.1) is 0 Å². The molecule has 1 aliphatic rings. The van der Waals surface area contributed by atoms with Crippen molar-refractivity contribution in [2.45, 2.75) is 52.0 Å². The number of aryl methyl sites for hydroxylation is 3. The Morgan fingerprint density at radius 1 is 1.04 bits per heavy atom. The first kappa shape index (κ1) is 17.0. The van der Waals surface area contributed by atoms with Crippen LogP contribution in [0.4, 0.5) is 5.69 Å². The molecule has 0 saturated heterocycles. The van der Waals surface area contributed by atoms with Crippen LogP contribution in [0.3, 0.4) is 0 Å². The quantitative estimate of drug-likeness (QED) is 0.739. The average Bonchev–Trinajstić information content (AvgIpc) is 2.61. The summed E-state index contributed by atoms with van der Waals surface area (Å²) in [5.74, 6) is 0. The van der Waals surface area contributed by atoms with Crippen LogP contribution in [0.1, 0.15) is 54.5 Å². The smallest absolute Gasteiger partial charge is 0.171 e.